The molecule has 0 unspecified atom stereocenters. The lowest BCUT2D eigenvalue weighted by atomic mass is 10.1. The molecule has 0 aromatic carbocycles. The number of rotatable bonds is 12. The first-order chi connectivity index (χ1) is 10.6. The molecule has 1 aliphatic heterocycles. The van der Waals surface area contributed by atoms with Crippen LogP contribution in [0.5, 0.6) is 0 Å². The molecule has 0 saturated carbocycles. The third-order valence-electron chi connectivity index (χ3n) is 3.58. The molecule has 0 aromatic heterocycles. The van der Waals surface area contributed by atoms with Crippen molar-refractivity contribution in [3.05, 3.63) is 22.2 Å². The summed E-state index contributed by atoms with van der Waals surface area (Å²) in [5.74, 6) is -0.256. The lowest BCUT2D eigenvalue weighted by molar-refractivity contribution is -0.139. The van der Waals surface area contributed by atoms with E-state index in [0.29, 0.717) is 0 Å². The van der Waals surface area contributed by atoms with Gasteiger partial charge in [-0.15, -0.1) is 0 Å². The molecule has 0 bridgehead atoms. The summed E-state index contributed by atoms with van der Waals surface area (Å²) in [6.07, 6.45) is 17.1. The summed E-state index contributed by atoms with van der Waals surface area (Å²) in [5.41, 5.74) is 0.851. The Morgan fingerprint density at radius 3 is 2.36 bits per heavy atom. The Bertz CT molecular complexity index is 428. The fourth-order valence-electron chi connectivity index (χ4n) is 2.24. The van der Waals surface area contributed by atoms with E-state index in [1.165, 1.54) is 52.1 Å². The second-order valence-corrected chi connectivity index (χ2v) is 7.15. The normalized spacial score (nSPS) is 17.7. The molecule has 124 valence electrons. The molecule has 3 nitrogen and oxygen atoms in total. The Hall–Kier alpha value is -0.610. The van der Waals surface area contributed by atoms with Crippen LogP contribution in [0.25, 0.3) is 0 Å². The van der Waals surface area contributed by atoms with E-state index >= 15 is 0 Å². The minimum atomic E-state index is -0.324. The van der Waals surface area contributed by atoms with Crippen LogP contribution in [0, 0.1) is 0 Å². The van der Waals surface area contributed by atoms with E-state index in [1.54, 1.807) is 0 Å². The largest absolute Gasteiger partial charge is 0.467 e. The summed E-state index contributed by atoms with van der Waals surface area (Å²) < 4.78 is 5.34. The molecule has 5 heteroatoms. The number of ether oxygens (including phenoxy) is 1. The van der Waals surface area contributed by atoms with Crippen molar-refractivity contribution in [2.24, 2.45) is 4.99 Å². The molecule has 0 radical (unpaired) electrons. The van der Waals surface area contributed by atoms with Crippen LogP contribution in [-0.4, -0.2) is 24.8 Å². The molecular weight excluding hydrogens is 366 g/mol. The molecule has 0 fully saturated rings. The van der Waals surface area contributed by atoms with E-state index in [-0.39, 0.29) is 12.0 Å². The number of carbonyl (C=O) groups excluding carboxylic acids is 1. The predicted octanol–water partition coefficient (Wildman–Crippen LogP) is 5.52. The lowest BCUT2D eigenvalue weighted by Gasteiger charge is -2.00. The van der Waals surface area contributed by atoms with Crippen molar-refractivity contribution in [3.8, 4) is 0 Å². The van der Waals surface area contributed by atoms with Gasteiger partial charge in [-0.3, -0.25) is 4.99 Å². The molecule has 1 aliphatic rings. The van der Waals surface area contributed by atoms with Gasteiger partial charge in [-0.2, -0.15) is 0 Å². The molecule has 0 aliphatic carbocycles. The van der Waals surface area contributed by atoms with Crippen LogP contribution in [-0.2, 0) is 9.53 Å². The number of nitrogens with zero attached hydrogens (tertiary/aromatic N) is 1. The topological polar surface area (TPSA) is 38.7 Å². The first kappa shape index (κ1) is 19.4. The Balaban J connectivity index is 1.84. The fourth-order valence-corrected chi connectivity index (χ4v) is 2.57. The van der Waals surface area contributed by atoms with E-state index in [1.807, 2.05) is 12.2 Å². The van der Waals surface area contributed by atoms with Gasteiger partial charge in [0.25, 0.3) is 0 Å². The van der Waals surface area contributed by atoms with Crippen molar-refractivity contribution in [3.63, 3.8) is 0 Å². The number of esters is 1. The van der Waals surface area contributed by atoms with Crippen LogP contribution in [0.15, 0.2) is 27.2 Å². The SMILES string of the molecule is COC(=O)[C@@H]1N=C1/C=C/CCCCCCCCC/C=C(/Cl)Br. The monoisotopic (exact) mass is 389 g/mol. The molecule has 1 rings (SSSR count). The molecule has 0 saturated heterocycles. The molecule has 0 spiro atoms. The van der Waals surface area contributed by atoms with E-state index in [0.717, 1.165) is 22.5 Å². The molecule has 22 heavy (non-hydrogen) atoms. The number of hydrogen-bond acceptors (Lipinski definition) is 3. The zero-order valence-electron chi connectivity index (χ0n) is 13.2. The minimum absolute atomic E-state index is 0.256. The highest BCUT2D eigenvalue weighted by atomic mass is 79.9. The van der Waals surface area contributed by atoms with Crippen molar-refractivity contribution in [2.75, 3.05) is 7.11 Å². The van der Waals surface area contributed by atoms with Gasteiger partial charge in [0, 0.05) is 0 Å². The average molecular weight is 391 g/mol. The third kappa shape index (κ3) is 9.42. The number of unbranched alkanes of at least 4 members (excludes halogenated alkanes) is 8. The summed E-state index contributed by atoms with van der Waals surface area (Å²) in [5, 5.41) is 0. The van der Waals surface area contributed by atoms with Crippen molar-refractivity contribution in [1.82, 2.24) is 0 Å². The van der Waals surface area contributed by atoms with Crippen molar-refractivity contribution in [1.29, 1.82) is 0 Å². The number of aliphatic imine (C=N–C) groups is 1. The highest BCUT2D eigenvalue weighted by molar-refractivity contribution is 9.12. The van der Waals surface area contributed by atoms with Crippen LogP contribution in [0.4, 0.5) is 0 Å². The molecule has 1 heterocycles. The number of methoxy groups -OCH3 is 1. The summed E-state index contributed by atoms with van der Waals surface area (Å²) >= 11 is 8.91. The van der Waals surface area contributed by atoms with Gasteiger partial charge in [-0.25, -0.2) is 4.79 Å². The van der Waals surface area contributed by atoms with Crippen LogP contribution >= 0.6 is 27.5 Å². The second kappa shape index (κ2) is 11.9. The van der Waals surface area contributed by atoms with Gasteiger partial charge in [0.2, 0.25) is 0 Å². The first-order valence-corrected chi connectivity index (χ1v) is 9.15. The molecule has 0 amide bonds. The maximum Gasteiger partial charge on any atom is 0.336 e. The van der Waals surface area contributed by atoms with E-state index in [4.69, 9.17) is 11.6 Å². The molecular formula is C17H25BrClNO2. The summed E-state index contributed by atoms with van der Waals surface area (Å²) in [4.78, 5) is 15.2. The maximum absolute atomic E-state index is 11.1. The fraction of sp³-hybridized carbons (Fsp3) is 0.647. The van der Waals surface area contributed by atoms with Gasteiger partial charge in [0.15, 0.2) is 6.04 Å². The summed E-state index contributed by atoms with van der Waals surface area (Å²) in [6, 6.07) is -0.324. The Labute approximate surface area is 147 Å². The quantitative estimate of drug-likeness (QED) is 0.325. The summed E-state index contributed by atoms with van der Waals surface area (Å²) in [6.45, 7) is 0. The van der Waals surface area contributed by atoms with Gasteiger partial charge in [0.1, 0.15) is 0 Å². The van der Waals surface area contributed by atoms with Gasteiger partial charge < -0.3 is 4.74 Å². The second-order valence-electron chi connectivity index (χ2n) is 5.43. The highest BCUT2D eigenvalue weighted by Crippen LogP contribution is 2.16. The van der Waals surface area contributed by atoms with Gasteiger partial charge in [0.05, 0.1) is 16.8 Å². The Morgan fingerprint density at radius 1 is 1.18 bits per heavy atom. The lowest BCUT2D eigenvalue weighted by Crippen LogP contribution is -2.12. The van der Waals surface area contributed by atoms with Crippen molar-refractivity contribution >= 4 is 39.2 Å². The Kier molecular flexibility index (Phi) is 10.5. The summed E-state index contributed by atoms with van der Waals surface area (Å²) in [7, 11) is 1.39. The number of halogens is 2. The zero-order chi connectivity index (χ0) is 16.2. The van der Waals surface area contributed by atoms with Crippen molar-refractivity contribution in [2.45, 2.75) is 63.8 Å². The molecule has 1 atom stereocenters. The van der Waals surface area contributed by atoms with Gasteiger partial charge in [-0.1, -0.05) is 55.9 Å². The first-order valence-electron chi connectivity index (χ1n) is 7.98. The number of hydrogen-bond donors (Lipinski definition) is 0. The van der Waals surface area contributed by atoms with Crippen LogP contribution in [0.2, 0.25) is 0 Å². The smallest absolute Gasteiger partial charge is 0.336 e. The van der Waals surface area contributed by atoms with Crippen LogP contribution in [0.1, 0.15) is 57.8 Å². The van der Waals surface area contributed by atoms with E-state index < -0.39 is 0 Å². The minimum Gasteiger partial charge on any atom is -0.467 e. The van der Waals surface area contributed by atoms with E-state index in [2.05, 4.69) is 31.7 Å². The van der Waals surface area contributed by atoms with Crippen molar-refractivity contribution < 1.29 is 9.53 Å². The maximum atomic E-state index is 11.1. The standard InChI is InChI=1S/C17H25BrClNO2/c1-22-17(21)16-14(20-16)12-10-8-6-4-2-3-5-7-9-11-13-15(18)19/h10,12-13,16H,2-9,11H2,1H3/b12-10+,15-13+/t16-/m1/s1. The molecule has 0 N–H and O–H groups in total. The predicted molar refractivity (Wildman–Crippen MR) is 96.8 cm³/mol. The Morgan fingerprint density at radius 2 is 1.77 bits per heavy atom. The number of carbonyl (C=O) groups is 1. The third-order valence-corrected chi connectivity index (χ3v) is 4.06. The van der Waals surface area contributed by atoms with Gasteiger partial charge >= 0.3 is 5.97 Å². The highest BCUT2D eigenvalue weighted by Gasteiger charge is 2.33. The van der Waals surface area contributed by atoms with Crippen LogP contribution in [0.3, 0.4) is 0 Å². The van der Waals surface area contributed by atoms with E-state index in [9.17, 15) is 4.79 Å². The zero-order valence-corrected chi connectivity index (χ0v) is 15.5. The number of allylic oxidation sites excluding steroid dienone is 2. The average Bonchev–Trinajstić information content (AvgIpc) is 3.26. The van der Waals surface area contributed by atoms with Gasteiger partial charge in [-0.05, 0) is 47.7 Å². The van der Waals surface area contributed by atoms with Crippen LogP contribution < -0.4 is 0 Å². The molecule has 0 aromatic rings.